The molecule has 1 amide bonds. The van der Waals surface area contributed by atoms with Crippen LogP contribution in [0.2, 0.25) is 0 Å². The first-order valence-corrected chi connectivity index (χ1v) is 5.92. The van der Waals surface area contributed by atoms with Gasteiger partial charge in [-0.05, 0) is 6.42 Å². The molecule has 14 heavy (non-hydrogen) atoms. The average Bonchev–Trinajstić information content (AvgIpc) is 2.59. The van der Waals surface area contributed by atoms with Crippen LogP contribution in [-0.2, 0) is 9.53 Å². The number of rotatable bonds is 5. The van der Waals surface area contributed by atoms with E-state index in [0.29, 0.717) is 31.9 Å². The van der Waals surface area contributed by atoms with Crippen LogP contribution < -0.4 is 0 Å². The summed E-state index contributed by atoms with van der Waals surface area (Å²) >= 11 is 1.58. The summed E-state index contributed by atoms with van der Waals surface area (Å²) in [7, 11) is 1.65. The molecule has 1 N–H and O–H groups in total. The predicted octanol–water partition coefficient (Wildman–Crippen LogP) is -0.0408. The molecule has 82 valence electrons. The van der Waals surface area contributed by atoms with Gasteiger partial charge < -0.3 is 14.7 Å². The summed E-state index contributed by atoms with van der Waals surface area (Å²) in [6, 6.07) is 0. The molecule has 1 saturated heterocycles. The SMILES string of the molecule is COCCSCC(=O)N1CC[C@H](O)C1. The monoisotopic (exact) mass is 219 g/mol. The van der Waals surface area contributed by atoms with Crippen molar-refractivity contribution in [3.63, 3.8) is 0 Å². The number of hydrogen-bond acceptors (Lipinski definition) is 4. The van der Waals surface area contributed by atoms with E-state index in [1.54, 1.807) is 23.8 Å². The van der Waals surface area contributed by atoms with Crippen LogP contribution in [0.5, 0.6) is 0 Å². The van der Waals surface area contributed by atoms with E-state index in [9.17, 15) is 9.90 Å². The van der Waals surface area contributed by atoms with Crippen LogP contribution in [0.25, 0.3) is 0 Å². The van der Waals surface area contributed by atoms with Gasteiger partial charge in [0, 0.05) is 26.0 Å². The van der Waals surface area contributed by atoms with Gasteiger partial charge in [-0.15, -0.1) is 11.8 Å². The third-order valence-corrected chi connectivity index (χ3v) is 3.08. The van der Waals surface area contributed by atoms with E-state index in [1.165, 1.54) is 0 Å². The standard InChI is InChI=1S/C9H17NO3S/c1-13-4-5-14-7-9(12)10-3-2-8(11)6-10/h8,11H,2-7H2,1H3/t8-/m0/s1. The molecule has 0 radical (unpaired) electrons. The molecule has 0 spiro atoms. The molecule has 0 aromatic rings. The molecule has 0 aromatic carbocycles. The highest BCUT2D eigenvalue weighted by Gasteiger charge is 2.23. The molecule has 0 bridgehead atoms. The van der Waals surface area contributed by atoms with Crippen molar-refractivity contribution in [1.29, 1.82) is 0 Å². The molecule has 0 unspecified atom stereocenters. The quantitative estimate of drug-likeness (QED) is 0.659. The molecule has 1 heterocycles. The van der Waals surface area contributed by atoms with Crippen LogP contribution in [0.3, 0.4) is 0 Å². The zero-order chi connectivity index (χ0) is 10.4. The van der Waals surface area contributed by atoms with E-state index in [4.69, 9.17) is 4.74 Å². The minimum absolute atomic E-state index is 0.127. The Hall–Kier alpha value is -0.260. The normalized spacial score (nSPS) is 21.6. The molecular formula is C9H17NO3S. The molecule has 0 aromatic heterocycles. The van der Waals surface area contributed by atoms with E-state index < -0.39 is 0 Å². The number of likely N-dealkylation sites (tertiary alicyclic amines) is 1. The Morgan fingerprint density at radius 1 is 1.71 bits per heavy atom. The lowest BCUT2D eigenvalue weighted by molar-refractivity contribution is -0.127. The van der Waals surface area contributed by atoms with Gasteiger partial charge in [0.2, 0.25) is 5.91 Å². The molecule has 1 aliphatic heterocycles. The minimum atomic E-state index is -0.317. The topological polar surface area (TPSA) is 49.8 Å². The highest BCUT2D eigenvalue weighted by molar-refractivity contribution is 7.99. The maximum absolute atomic E-state index is 11.5. The maximum atomic E-state index is 11.5. The van der Waals surface area contributed by atoms with Crippen LogP contribution in [0.4, 0.5) is 0 Å². The van der Waals surface area contributed by atoms with Crippen LogP contribution in [-0.4, -0.2) is 60.3 Å². The van der Waals surface area contributed by atoms with Crippen molar-refractivity contribution in [3.05, 3.63) is 0 Å². The number of ether oxygens (including phenoxy) is 1. The summed E-state index contributed by atoms with van der Waals surface area (Å²) in [5, 5.41) is 9.24. The minimum Gasteiger partial charge on any atom is -0.391 e. The number of β-amino-alcohol motifs (C(OH)–C–C–N with tert-alkyl or cyclic N) is 1. The second kappa shape index (κ2) is 6.27. The van der Waals surface area contributed by atoms with Crippen molar-refractivity contribution in [1.82, 2.24) is 4.90 Å². The third kappa shape index (κ3) is 3.86. The van der Waals surface area contributed by atoms with Crippen molar-refractivity contribution in [2.45, 2.75) is 12.5 Å². The number of hydrogen-bond donors (Lipinski definition) is 1. The molecule has 1 rings (SSSR count). The van der Waals surface area contributed by atoms with Gasteiger partial charge in [0.25, 0.3) is 0 Å². The van der Waals surface area contributed by atoms with Crippen LogP contribution in [0.15, 0.2) is 0 Å². The van der Waals surface area contributed by atoms with Gasteiger partial charge >= 0.3 is 0 Å². The van der Waals surface area contributed by atoms with E-state index in [2.05, 4.69) is 0 Å². The lowest BCUT2D eigenvalue weighted by Gasteiger charge is -2.14. The van der Waals surface area contributed by atoms with Crippen molar-refractivity contribution >= 4 is 17.7 Å². The molecule has 0 aliphatic carbocycles. The number of aliphatic hydroxyl groups is 1. The second-order valence-corrected chi connectivity index (χ2v) is 4.43. The Morgan fingerprint density at radius 3 is 3.07 bits per heavy atom. The highest BCUT2D eigenvalue weighted by atomic mass is 32.2. The first-order chi connectivity index (χ1) is 6.74. The Bertz CT molecular complexity index is 189. The smallest absolute Gasteiger partial charge is 0.232 e. The zero-order valence-corrected chi connectivity index (χ0v) is 9.26. The molecule has 4 nitrogen and oxygen atoms in total. The van der Waals surface area contributed by atoms with Crippen LogP contribution in [0.1, 0.15) is 6.42 Å². The van der Waals surface area contributed by atoms with Gasteiger partial charge in [-0.25, -0.2) is 0 Å². The molecule has 0 saturated carbocycles. The maximum Gasteiger partial charge on any atom is 0.232 e. The summed E-state index contributed by atoms with van der Waals surface area (Å²) in [5.41, 5.74) is 0. The molecular weight excluding hydrogens is 202 g/mol. The lowest BCUT2D eigenvalue weighted by atomic mass is 10.3. The summed E-state index contributed by atoms with van der Waals surface area (Å²) in [6.45, 7) is 1.88. The zero-order valence-electron chi connectivity index (χ0n) is 8.44. The van der Waals surface area contributed by atoms with Crippen molar-refractivity contribution < 1.29 is 14.6 Å². The molecule has 5 heteroatoms. The van der Waals surface area contributed by atoms with Gasteiger partial charge in [-0.3, -0.25) is 4.79 Å². The number of carbonyl (C=O) groups is 1. The Morgan fingerprint density at radius 2 is 2.50 bits per heavy atom. The van der Waals surface area contributed by atoms with E-state index in [1.807, 2.05) is 0 Å². The summed E-state index contributed by atoms with van der Waals surface area (Å²) in [6.07, 6.45) is 0.400. The van der Waals surface area contributed by atoms with Gasteiger partial charge in [-0.1, -0.05) is 0 Å². The number of aliphatic hydroxyl groups excluding tert-OH is 1. The van der Waals surface area contributed by atoms with Gasteiger partial charge in [0.1, 0.15) is 0 Å². The average molecular weight is 219 g/mol. The number of nitrogens with zero attached hydrogens (tertiary/aromatic N) is 1. The van der Waals surface area contributed by atoms with Gasteiger partial charge in [0.15, 0.2) is 0 Å². The van der Waals surface area contributed by atoms with E-state index >= 15 is 0 Å². The Balaban J connectivity index is 2.09. The van der Waals surface area contributed by atoms with E-state index in [-0.39, 0.29) is 12.0 Å². The highest BCUT2D eigenvalue weighted by Crippen LogP contribution is 2.11. The first kappa shape index (κ1) is 11.8. The van der Waals surface area contributed by atoms with Crippen LogP contribution in [0, 0.1) is 0 Å². The number of amides is 1. The predicted molar refractivity (Wildman–Crippen MR) is 56.4 cm³/mol. The van der Waals surface area contributed by atoms with Crippen LogP contribution >= 0.6 is 11.8 Å². The van der Waals surface area contributed by atoms with Crippen molar-refractivity contribution in [2.75, 3.05) is 38.3 Å². The Labute approximate surface area is 88.6 Å². The van der Waals surface area contributed by atoms with Crippen molar-refractivity contribution in [2.24, 2.45) is 0 Å². The lowest BCUT2D eigenvalue weighted by Crippen LogP contribution is -2.31. The largest absolute Gasteiger partial charge is 0.391 e. The third-order valence-electron chi connectivity index (χ3n) is 2.17. The molecule has 1 atom stereocenters. The molecule has 1 aliphatic rings. The second-order valence-electron chi connectivity index (χ2n) is 3.33. The summed E-state index contributed by atoms with van der Waals surface area (Å²) < 4.78 is 4.88. The van der Waals surface area contributed by atoms with Crippen molar-refractivity contribution in [3.8, 4) is 0 Å². The molecule has 1 fully saturated rings. The van der Waals surface area contributed by atoms with E-state index in [0.717, 1.165) is 5.75 Å². The summed E-state index contributed by atoms with van der Waals surface area (Å²) in [4.78, 5) is 13.2. The fraction of sp³-hybridized carbons (Fsp3) is 0.889. The van der Waals surface area contributed by atoms with Gasteiger partial charge in [0.05, 0.1) is 18.5 Å². The van der Waals surface area contributed by atoms with Gasteiger partial charge in [-0.2, -0.15) is 0 Å². The first-order valence-electron chi connectivity index (χ1n) is 4.76. The Kier molecular flexibility index (Phi) is 5.29. The number of thioether (sulfide) groups is 1. The number of methoxy groups -OCH3 is 1. The summed E-state index contributed by atoms with van der Waals surface area (Å²) in [5.74, 6) is 1.47. The number of carbonyl (C=O) groups excluding carboxylic acids is 1. The fourth-order valence-electron chi connectivity index (χ4n) is 1.36. The fourth-order valence-corrected chi connectivity index (χ4v) is 2.15.